The first-order valence-electron chi connectivity index (χ1n) is 8.01. The zero-order valence-corrected chi connectivity index (χ0v) is 17.4. The van der Waals surface area contributed by atoms with Crippen LogP contribution in [0.15, 0.2) is 0 Å². The third kappa shape index (κ3) is 4.96. The second kappa shape index (κ2) is 8.20. The number of alkyl halides is 15. The minimum absolute atomic E-state index is 0.279. The van der Waals surface area contributed by atoms with Crippen molar-refractivity contribution in [3.05, 3.63) is 0 Å². The summed E-state index contributed by atoms with van der Waals surface area (Å²) in [5, 5.41) is -7.41. The second-order valence-corrected chi connectivity index (χ2v) is 9.64. The zero-order valence-electron chi connectivity index (χ0n) is 16.6. The molecule has 0 aliphatic heterocycles. The topological polar surface area (TPSA) is 46.2 Å². The molecule has 0 amide bonds. The Labute approximate surface area is 176 Å². The van der Waals surface area contributed by atoms with Crippen molar-refractivity contribution in [3.8, 4) is 0 Å². The molecule has 1 atom stereocenters. The van der Waals surface area contributed by atoms with Gasteiger partial charge in [0.05, 0.1) is 33.7 Å². The summed E-state index contributed by atoms with van der Waals surface area (Å²) in [7, 11) is -3.29. The van der Waals surface area contributed by atoms with Crippen molar-refractivity contribution in [2.45, 2.75) is 54.0 Å². The molecule has 0 aromatic carbocycles. The Morgan fingerprint density at radius 1 is 0.636 bits per heavy atom. The van der Waals surface area contributed by atoms with Gasteiger partial charge in [-0.3, -0.25) is 0 Å². The highest BCUT2D eigenvalue weighted by molar-refractivity contribution is 7.90. The third-order valence-electron chi connectivity index (χ3n) is 3.81. The van der Waals surface area contributed by atoms with Crippen LogP contribution in [0.3, 0.4) is 0 Å². The lowest BCUT2D eigenvalue weighted by Crippen LogP contribution is -2.74. The van der Waals surface area contributed by atoms with Crippen molar-refractivity contribution >= 4 is 10.0 Å². The molecule has 0 aromatic heterocycles. The van der Waals surface area contributed by atoms with E-state index in [1.165, 1.54) is 21.1 Å². The molecule has 0 rings (SSSR count). The summed E-state index contributed by atoms with van der Waals surface area (Å²) in [6, 6.07) is -1.80. The summed E-state index contributed by atoms with van der Waals surface area (Å²) >= 11 is 0. The fraction of sp³-hybridized carbons (Fsp3) is 1.00. The molecule has 0 fully saturated rings. The Balaban J connectivity index is 6.60. The molecular weight excluding hydrogens is 533 g/mol. The van der Waals surface area contributed by atoms with Gasteiger partial charge in [-0.2, -0.15) is 65.9 Å². The molecule has 200 valence electrons. The van der Waals surface area contributed by atoms with Gasteiger partial charge in [-0.25, -0.2) is 13.1 Å². The number of quaternary nitrogens is 1. The van der Waals surface area contributed by atoms with Crippen molar-refractivity contribution in [2.75, 3.05) is 27.7 Å². The van der Waals surface area contributed by atoms with E-state index in [9.17, 15) is 74.3 Å². The lowest BCUT2D eigenvalue weighted by Gasteiger charge is -2.41. The average Bonchev–Trinajstić information content (AvgIpc) is 2.49. The quantitative estimate of drug-likeness (QED) is 0.326. The van der Waals surface area contributed by atoms with Gasteiger partial charge in [-0.1, -0.05) is 0 Å². The van der Waals surface area contributed by atoms with E-state index in [1.54, 1.807) is 0 Å². The molecule has 1 unspecified atom stereocenters. The molecule has 0 saturated carbocycles. The van der Waals surface area contributed by atoms with Gasteiger partial charge in [-0.05, 0) is 6.92 Å². The maximum absolute atomic E-state index is 13.8. The van der Waals surface area contributed by atoms with Crippen LogP contribution < -0.4 is 4.72 Å². The highest BCUT2D eigenvalue weighted by Crippen LogP contribution is 2.62. The number of hydrogen-bond donors (Lipinski definition) is 1. The first-order valence-corrected chi connectivity index (χ1v) is 9.49. The third-order valence-corrected chi connectivity index (χ3v) is 5.46. The summed E-state index contributed by atoms with van der Waals surface area (Å²) < 4.78 is 220. The number of sulfonamides is 1. The minimum atomic E-state index is -8.55. The molecule has 20 heteroatoms. The number of hydrogen-bond acceptors (Lipinski definition) is 2. The summed E-state index contributed by atoms with van der Waals surface area (Å²) in [4.78, 5) is 0. The summed E-state index contributed by atoms with van der Waals surface area (Å²) in [6.45, 7) is 0.184. The van der Waals surface area contributed by atoms with E-state index in [1.807, 2.05) is 0 Å². The summed E-state index contributed by atoms with van der Waals surface area (Å²) in [5.74, 6) is -41.7. The van der Waals surface area contributed by atoms with Gasteiger partial charge in [0.2, 0.25) is 0 Å². The van der Waals surface area contributed by atoms with Crippen molar-refractivity contribution < 1.29 is 78.8 Å². The predicted molar refractivity (Wildman–Crippen MR) is 80.2 cm³/mol. The van der Waals surface area contributed by atoms with E-state index in [2.05, 4.69) is 0 Å². The first-order chi connectivity index (χ1) is 13.9. The zero-order chi connectivity index (χ0) is 27.5. The van der Waals surface area contributed by atoms with Crippen LogP contribution in [0.2, 0.25) is 0 Å². The minimum Gasteiger partial charge on any atom is -0.330 e. The highest BCUT2D eigenvalue weighted by atomic mass is 32.2. The molecule has 0 saturated heterocycles. The monoisotopic (exact) mass is 549 g/mol. The Morgan fingerprint density at radius 2 is 0.939 bits per heavy atom. The number of rotatable bonds is 10. The standard InChI is InChI=1S/C13H16F15N2O2S/c1-6(5-30(2,3)4)29-33(31,32)13(27,28)11(22,23)9(18,19)7(14,15)8(16,17)10(20,21)12(24,25)26/h6,29H,5H2,1-4H3/q+1. The molecule has 0 aliphatic rings. The van der Waals surface area contributed by atoms with Gasteiger partial charge in [-0.15, -0.1) is 0 Å². The van der Waals surface area contributed by atoms with E-state index in [0.717, 1.165) is 0 Å². The van der Waals surface area contributed by atoms with E-state index >= 15 is 0 Å². The predicted octanol–water partition coefficient (Wildman–Crippen LogP) is 4.33. The largest absolute Gasteiger partial charge is 0.460 e. The summed E-state index contributed by atoms with van der Waals surface area (Å²) in [6.07, 6.45) is -7.73. The second-order valence-electron chi connectivity index (χ2n) is 7.88. The lowest BCUT2D eigenvalue weighted by molar-refractivity contribution is -0.871. The van der Waals surface area contributed by atoms with E-state index in [0.29, 0.717) is 11.6 Å². The molecule has 0 aliphatic carbocycles. The van der Waals surface area contributed by atoms with Crippen LogP contribution in [0.5, 0.6) is 0 Å². The van der Waals surface area contributed by atoms with Crippen LogP contribution in [0.1, 0.15) is 6.92 Å². The van der Waals surface area contributed by atoms with Gasteiger partial charge in [0.15, 0.2) is 0 Å². The molecular formula is C13H16F15N2O2S+. The molecule has 0 aromatic rings. The highest BCUT2D eigenvalue weighted by Gasteiger charge is 2.94. The maximum atomic E-state index is 13.8. The smallest absolute Gasteiger partial charge is 0.330 e. The fourth-order valence-electron chi connectivity index (χ4n) is 2.32. The van der Waals surface area contributed by atoms with Gasteiger partial charge in [0.25, 0.3) is 10.0 Å². The molecule has 0 spiro atoms. The fourth-order valence-corrected chi connectivity index (χ4v) is 3.54. The molecule has 0 radical (unpaired) electrons. The Kier molecular flexibility index (Phi) is 7.90. The summed E-state index contributed by atoms with van der Waals surface area (Å²) in [5.41, 5.74) is 0. The normalized spacial score (nSPS) is 17.3. The van der Waals surface area contributed by atoms with Crippen molar-refractivity contribution in [3.63, 3.8) is 0 Å². The lowest BCUT2D eigenvalue weighted by atomic mass is 9.94. The average molecular weight is 549 g/mol. The molecule has 0 bridgehead atoms. The van der Waals surface area contributed by atoms with E-state index in [4.69, 9.17) is 0 Å². The Hall–Kier alpha value is -1.18. The number of nitrogens with zero attached hydrogens (tertiary/aromatic N) is 1. The van der Waals surface area contributed by atoms with Crippen LogP contribution in [0.25, 0.3) is 0 Å². The SMILES string of the molecule is CC(C[N+](C)(C)C)NS(=O)(=O)C(F)(F)C(F)(F)C(F)(F)C(F)(F)C(F)(F)C(F)(F)C(F)(F)F. The van der Waals surface area contributed by atoms with Crippen molar-refractivity contribution in [1.29, 1.82) is 0 Å². The number of nitrogens with one attached hydrogen (secondary N) is 1. The van der Waals surface area contributed by atoms with E-state index in [-0.39, 0.29) is 4.48 Å². The van der Waals surface area contributed by atoms with Crippen LogP contribution in [0.4, 0.5) is 65.9 Å². The van der Waals surface area contributed by atoms with Crippen LogP contribution in [-0.4, -0.2) is 87.7 Å². The van der Waals surface area contributed by atoms with Gasteiger partial charge < -0.3 is 4.48 Å². The molecule has 0 heterocycles. The first kappa shape index (κ1) is 31.8. The van der Waals surface area contributed by atoms with E-state index < -0.39 is 63.7 Å². The molecule has 1 N–H and O–H groups in total. The van der Waals surface area contributed by atoms with Crippen LogP contribution in [0, 0.1) is 0 Å². The van der Waals surface area contributed by atoms with Crippen molar-refractivity contribution in [1.82, 2.24) is 4.72 Å². The van der Waals surface area contributed by atoms with Crippen molar-refractivity contribution in [2.24, 2.45) is 0 Å². The van der Waals surface area contributed by atoms with Gasteiger partial charge in [0, 0.05) is 0 Å². The number of likely N-dealkylation sites (N-methyl/N-ethyl adjacent to an activating group) is 1. The van der Waals surface area contributed by atoms with Crippen LogP contribution in [-0.2, 0) is 10.0 Å². The van der Waals surface area contributed by atoms with Crippen LogP contribution >= 0.6 is 0 Å². The molecule has 4 nitrogen and oxygen atoms in total. The van der Waals surface area contributed by atoms with Gasteiger partial charge in [0.1, 0.15) is 0 Å². The maximum Gasteiger partial charge on any atom is 0.460 e. The molecule has 33 heavy (non-hydrogen) atoms. The number of halogens is 15. The van der Waals surface area contributed by atoms with Gasteiger partial charge >= 0.3 is 41.0 Å². The Bertz CT molecular complexity index is 815. The Morgan fingerprint density at radius 3 is 1.24 bits per heavy atom.